The zero-order valence-corrected chi connectivity index (χ0v) is 11.6. The zero-order valence-electron chi connectivity index (χ0n) is 10.9. The van der Waals surface area contributed by atoms with Crippen LogP contribution >= 0.6 is 11.6 Å². The van der Waals surface area contributed by atoms with Crippen LogP contribution in [0, 0.1) is 0 Å². The Labute approximate surface area is 125 Å². The number of imide groups is 1. The summed E-state index contributed by atoms with van der Waals surface area (Å²) in [6.07, 6.45) is 1.45. The second kappa shape index (κ2) is 7.91. The molecule has 0 radical (unpaired) electrons. The van der Waals surface area contributed by atoms with Gasteiger partial charge in [-0.1, -0.05) is 17.7 Å². The molecule has 0 saturated carbocycles. The lowest BCUT2D eigenvalue weighted by atomic mass is 10.2. The third kappa shape index (κ3) is 5.53. The molecule has 1 aromatic rings. The number of hydrogen-bond donors (Lipinski definition) is 3. The largest absolute Gasteiger partial charge is 0.483 e. The summed E-state index contributed by atoms with van der Waals surface area (Å²) in [6, 6.07) is 3.26. The minimum Gasteiger partial charge on any atom is -0.483 e. The minimum atomic E-state index is -1.24. The maximum atomic E-state index is 11.4. The third-order valence-corrected chi connectivity index (χ3v) is 2.43. The van der Waals surface area contributed by atoms with Gasteiger partial charge in [0.1, 0.15) is 11.3 Å². The number of hydrogen-bond acceptors (Lipinski definition) is 4. The molecule has 21 heavy (non-hydrogen) atoms. The molecule has 0 heterocycles. The highest BCUT2D eigenvalue weighted by atomic mass is 35.5. The van der Waals surface area contributed by atoms with E-state index in [-0.39, 0.29) is 22.9 Å². The van der Waals surface area contributed by atoms with Crippen molar-refractivity contribution in [3.05, 3.63) is 41.4 Å². The Morgan fingerprint density at radius 1 is 1.38 bits per heavy atom. The van der Waals surface area contributed by atoms with Gasteiger partial charge in [0.25, 0.3) is 5.91 Å². The average Bonchev–Trinajstić information content (AvgIpc) is 2.43. The summed E-state index contributed by atoms with van der Waals surface area (Å²) >= 11 is 5.68. The van der Waals surface area contributed by atoms with E-state index in [1.54, 1.807) is 0 Å². The fraction of sp³-hybridized carbons (Fsp3) is 0.154. The molecule has 0 saturated heterocycles. The molecule has 0 aromatic heterocycles. The second-order valence-electron chi connectivity index (χ2n) is 3.78. The van der Waals surface area contributed by atoms with E-state index in [0.717, 1.165) is 0 Å². The molecule has 0 bridgehead atoms. The lowest BCUT2D eigenvalue weighted by molar-refractivity contribution is -0.122. The highest BCUT2D eigenvalue weighted by molar-refractivity contribution is 6.31. The quantitative estimate of drug-likeness (QED) is 0.689. The van der Waals surface area contributed by atoms with E-state index in [1.807, 2.05) is 5.32 Å². The Balaban J connectivity index is 2.59. The molecule has 7 nitrogen and oxygen atoms in total. The molecule has 0 unspecified atom stereocenters. The van der Waals surface area contributed by atoms with Gasteiger partial charge < -0.3 is 15.2 Å². The number of benzene rings is 1. The van der Waals surface area contributed by atoms with Gasteiger partial charge in [0.2, 0.25) is 0 Å². The van der Waals surface area contributed by atoms with Crippen LogP contribution in [0.25, 0.3) is 0 Å². The lowest BCUT2D eigenvalue weighted by Crippen LogP contribution is -2.41. The van der Waals surface area contributed by atoms with E-state index >= 15 is 0 Å². The van der Waals surface area contributed by atoms with Gasteiger partial charge in [-0.25, -0.2) is 9.59 Å². The fourth-order valence-corrected chi connectivity index (χ4v) is 1.48. The van der Waals surface area contributed by atoms with E-state index in [2.05, 4.69) is 11.9 Å². The molecule has 0 aliphatic rings. The molecule has 0 spiro atoms. The van der Waals surface area contributed by atoms with Crippen LogP contribution in [0.1, 0.15) is 10.4 Å². The molecule has 0 fully saturated rings. The van der Waals surface area contributed by atoms with Crippen molar-refractivity contribution in [3.8, 4) is 5.75 Å². The van der Waals surface area contributed by atoms with Gasteiger partial charge in [-0.15, -0.1) is 6.58 Å². The number of amides is 3. The van der Waals surface area contributed by atoms with Crippen LogP contribution in [0.4, 0.5) is 4.79 Å². The van der Waals surface area contributed by atoms with Gasteiger partial charge >= 0.3 is 12.0 Å². The van der Waals surface area contributed by atoms with E-state index in [4.69, 9.17) is 21.4 Å². The molecule has 1 rings (SSSR count). The van der Waals surface area contributed by atoms with Crippen LogP contribution in [0.2, 0.25) is 5.02 Å². The molecular weight excluding hydrogens is 300 g/mol. The summed E-state index contributed by atoms with van der Waals surface area (Å²) in [4.78, 5) is 33.6. The summed E-state index contributed by atoms with van der Waals surface area (Å²) < 4.78 is 5.07. The molecule has 0 aliphatic carbocycles. The van der Waals surface area contributed by atoms with Crippen LogP contribution in [-0.2, 0) is 4.79 Å². The van der Waals surface area contributed by atoms with E-state index in [1.165, 1.54) is 24.3 Å². The highest BCUT2D eigenvalue weighted by Crippen LogP contribution is 2.22. The first-order valence-electron chi connectivity index (χ1n) is 5.78. The predicted octanol–water partition coefficient (Wildman–Crippen LogP) is 1.43. The van der Waals surface area contributed by atoms with Crippen molar-refractivity contribution in [2.75, 3.05) is 13.2 Å². The van der Waals surface area contributed by atoms with Crippen LogP contribution < -0.4 is 15.4 Å². The van der Waals surface area contributed by atoms with Crippen LogP contribution in [0.5, 0.6) is 5.75 Å². The van der Waals surface area contributed by atoms with Crippen LogP contribution in [0.3, 0.4) is 0 Å². The first kappa shape index (κ1) is 16.5. The van der Waals surface area contributed by atoms with Gasteiger partial charge in [-0.3, -0.25) is 10.1 Å². The standard InChI is InChI=1S/C13H13ClN2O5/c1-2-5-15-13(20)16-11(17)7-21-10-4-3-8(14)6-9(10)12(18)19/h2-4,6H,1,5,7H2,(H,18,19)(H2,15,16,17,20). The SMILES string of the molecule is C=CCNC(=O)NC(=O)COc1ccc(Cl)cc1C(=O)O. The number of nitrogens with one attached hydrogen (secondary N) is 2. The summed E-state index contributed by atoms with van der Waals surface area (Å²) in [5.74, 6) is -1.98. The molecule has 0 aliphatic heterocycles. The number of carboxylic acids is 1. The fourth-order valence-electron chi connectivity index (χ4n) is 1.31. The molecule has 8 heteroatoms. The topological polar surface area (TPSA) is 105 Å². The number of carbonyl (C=O) groups is 3. The number of rotatable bonds is 6. The highest BCUT2D eigenvalue weighted by Gasteiger charge is 2.14. The molecule has 0 atom stereocenters. The third-order valence-electron chi connectivity index (χ3n) is 2.19. The average molecular weight is 313 g/mol. The Hall–Kier alpha value is -2.54. The van der Waals surface area contributed by atoms with E-state index in [9.17, 15) is 14.4 Å². The summed E-state index contributed by atoms with van der Waals surface area (Å²) in [5, 5.41) is 13.6. The Bertz CT molecular complexity index is 574. The Morgan fingerprint density at radius 2 is 2.10 bits per heavy atom. The van der Waals surface area contributed by atoms with Crippen LogP contribution in [0.15, 0.2) is 30.9 Å². The molecule has 3 amide bonds. The van der Waals surface area contributed by atoms with Crippen molar-refractivity contribution in [1.82, 2.24) is 10.6 Å². The van der Waals surface area contributed by atoms with Crippen molar-refractivity contribution in [1.29, 1.82) is 0 Å². The molecule has 3 N–H and O–H groups in total. The smallest absolute Gasteiger partial charge is 0.339 e. The maximum absolute atomic E-state index is 11.4. The van der Waals surface area contributed by atoms with Gasteiger partial charge in [0.15, 0.2) is 6.61 Å². The summed E-state index contributed by atoms with van der Waals surface area (Å²) in [7, 11) is 0. The number of aromatic carboxylic acids is 1. The number of halogens is 1. The van der Waals surface area contributed by atoms with Crippen molar-refractivity contribution in [2.45, 2.75) is 0 Å². The number of ether oxygens (including phenoxy) is 1. The van der Waals surface area contributed by atoms with Crippen molar-refractivity contribution < 1.29 is 24.2 Å². The normalized spacial score (nSPS) is 9.57. The number of carbonyl (C=O) groups excluding carboxylic acids is 2. The van der Waals surface area contributed by atoms with E-state index < -0.39 is 24.5 Å². The first-order valence-corrected chi connectivity index (χ1v) is 6.16. The van der Waals surface area contributed by atoms with Crippen molar-refractivity contribution in [3.63, 3.8) is 0 Å². The van der Waals surface area contributed by atoms with Gasteiger partial charge in [-0.05, 0) is 18.2 Å². The maximum Gasteiger partial charge on any atom is 0.339 e. The van der Waals surface area contributed by atoms with Crippen LogP contribution in [-0.4, -0.2) is 36.2 Å². The summed E-state index contributed by atoms with van der Waals surface area (Å²) in [5.41, 5.74) is -0.175. The van der Waals surface area contributed by atoms with E-state index in [0.29, 0.717) is 0 Å². The minimum absolute atomic E-state index is 0.0199. The van der Waals surface area contributed by atoms with Gasteiger partial charge in [0, 0.05) is 11.6 Å². The summed E-state index contributed by atoms with van der Waals surface area (Å²) in [6.45, 7) is 3.10. The lowest BCUT2D eigenvalue weighted by Gasteiger charge is -2.09. The zero-order chi connectivity index (χ0) is 15.8. The Kier molecular flexibility index (Phi) is 6.22. The van der Waals surface area contributed by atoms with Crippen molar-refractivity contribution >= 4 is 29.5 Å². The van der Waals surface area contributed by atoms with Gasteiger partial charge in [0.05, 0.1) is 0 Å². The number of urea groups is 1. The predicted molar refractivity (Wildman–Crippen MR) is 75.6 cm³/mol. The first-order chi connectivity index (χ1) is 9.93. The molecular formula is C13H13ClN2O5. The second-order valence-corrected chi connectivity index (χ2v) is 4.22. The Morgan fingerprint density at radius 3 is 2.71 bits per heavy atom. The number of carboxylic acid groups (broad SMARTS) is 1. The molecule has 1 aromatic carbocycles. The molecule has 112 valence electrons. The van der Waals surface area contributed by atoms with Gasteiger partial charge in [-0.2, -0.15) is 0 Å². The monoisotopic (exact) mass is 312 g/mol. The van der Waals surface area contributed by atoms with Crippen molar-refractivity contribution in [2.24, 2.45) is 0 Å².